The molecule has 13 heavy (non-hydrogen) atoms. The van der Waals surface area contributed by atoms with Crippen molar-refractivity contribution in [3.63, 3.8) is 0 Å². The molecule has 0 saturated heterocycles. The van der Waals surface area contributed by atoms with Gasteiger partial charge in [0, 0.05) is 5.02 Å². The van der Waals surface area contributed by atoms with Crippen LogP contribution in [0.15, 0.2) is 24.3 Å². The summed E-state index contributed by atoms with van der Waals surface area (Å²) in [6.45, 7) is 1.82. The van der Waals surface area contributed by atoms with Gasteiger partial charge in [-0.3, -0.25) is 4.84 Å². The van der Waals surface area contributed by atoms with Crippen LogP contribution >= 0.6 is 11.6 Å². The second kappa shape index (κ2) is 4.58. The molecule has 0 aromatic heterocycles. The standard InChI is InChI=1S/C9H13ClN2O/c1-6(13-12)9(11)7-2-4-8(10)5-3-7/h2-6,9H,11-12H2,1H3. The van der Waals surface area contributed by atoms with Gasteiger partial charge in [-0.25, -0.2) is 5.90 Å². The second-order valence-corrected chi connectivity index (χ2v) is 3.35. The van der Waals surface area contributed by atoms with Gasteiger partial charge in [0.1, 0.15) is 0 Å². The third-order valence-corrected chi connectivity index (χ3v) is 2.23. The van der Waals surface area contributed by atoms with E-state index in [0.717, 1.165) is 5.56 Å². The van der Waals surface area contributed by atoms with Crippen molar-refractivity contribution in [2.24, 2.45) is 11.6 Å². The lowest BCUT2D eigenvalue weighted by Crippen LogP contribution is -2.28. The van der Waals surface area contributed by atoms with E-state index < -0.39 is 0 Å². The lowest BCUT2D eigenvalue weighted by atomic mass is 10.0. The molecule has 0 aliphatic carbocycles. The molecule has 3 nitrogen and oxygen atoms in total. The molecule has 0 aliphatic heterocycles. The summed E-state index contributed by atoms with van der Waals surface area (Å²) in [4.78, 5) is 4.64. The van der Waals surface area contributed by atoms with Crippen molar-refractivity contribution in [1.29, 1.82) is 0 Å². The van der Waals surface area contributed by atoms with Gasteiger partial charge in [0.15, 0.2) is 0 Å². The van der Waals surface area contributed by atoms with Gasteiger partial charge in [-0.2, -0.15) is 0 Å². The topological polar surface area (TPSA) is 61.3 Å². The number of nitrogens with two attached hydrogens (primary N) is 2. The summed E-state index contributed by atoms with van der Waals surface area (Å²) in [5, 5.41) is 0.692. The van der Waals surface area contributed by atoms with Crippen LogP contribution in [-0.4, -0.2) is 6.10 Å². The van der Waals surface area contributed by atoms with Crippen LogP contribution in [-0.2, 0) is 4.84 Å². The van der Waals surface area contributed by atoms with Crippen LogP contribution in [0, 0.1) is 0 Å². The van der Waals surface area contributed by atoms with Gasteiger partial charge >= 0.3 is 0 Å². The molecule has 4 heteroatoms. The van der Waals surface area contributed by atoms with E-state index in [1.807, 2.05) is 19.1 Å². The first-order chi connectivity index (χ1) is 6.15. The van der Waals surface area contributed by atoms with Crippen LogP contribution in [0.25, 0.3) is 0 Å². The molecule has 4 N–H and O–H groups in total. The highest BCUT2D eigenvalue weighted by Crippen LogP contribution is 2.17. The largest absolute Gasteiger partial charge is 0.322 e. The molecule has 1 aromatic carbocycles. The Morgan fingerprint density at radius 1 is 1.31 bits per heavy atom. The zero-order valence-electron chi connectivity index (χ0n) is 7.41. The Hall–Kier alpha value is -0.610. The minimum Gasteiger partial charge on any atom is -0.322 e. The van der Waals surface area contributed by atoms with Crippen molar-refractivity contribution in [2.45, 2.75) is 19.1 Å². The summed E-state index contributed by atoms with van der Waals surface area (Å²) < 4.78 is 0. The van der Waals surface area contributed by atoms with Crippen molar-refractivity contribution in [2.75, 3.05) is 0 Å². The van der Waals surface area contributed by atoms with Crippen molar-refractivity contribution in [1.82, 2.24) is 0 Å². The van der Waals surface area contributed by atoms with Crippen LogP contribution in [0.5, 0.6) is 0 Å². The molecule has 0 saturated carbocycles. The fourth-order valence-electron chi connectivity index (χ4n) is 1.04. The predicted octanol–water partition coefficient (Wildman–Crippen LogP) is 1.62. The number of rotatable bonds is 3. The maximum absolute atomic E-state index is 5.85. The summed E-state index contributed by atoms with van der Waals surface area (Å²) in [5.41, 5.74) is 6.81. The third kappa shape index (κ3) is 2.67. The Morgan fingerprint density at radius 2 is 1.85 bits per heavy atom. The smallest absolute Gasteiger partial charge is 0.0951 e. The highest BCUT2D eigenvalue weighted by atomic mass is 35.5. The van der Waals surface area contributed by atoms with Crippen LogP contribution in [0.2, 0.25) is 5.02 Å². The van der Waals surface area contributed by atoms with Crippen molar-refractivity contribution in [3.05, 3.63) is 34.9 Å². The fourth-order valence-corrected chi connectivity index (χ4v) is 1.17. The maximum atomic E-state index is 5.85. The Morgan fingerprint density at radius 3 is 2.31 bits per heavy atom. The summed E-state index contributed by atoms with van der Waals surface area (Å²) in [6, 6.07) is 7.09. The minimum atomic E-state index is -0.220. The van der Waals surface area contributed by atoms with Gasteiger partial charge < -0.3 is 5.73 Å². The van der Waals surface area contributed by atoms with Crippen molar-refractivity contribution in [3.8, 4) is 0 Å². The fraction of sp³-hybridized carbons (Fsp3) is 0.333. The van der Waals surface area contributed by atoms with Gasteiger partial charge in [-0.05, 0) is 24.6 Å². The lowest BCUT2D eigenvalue weighted by molar-refractivity contribution is 0.0480. The van der Waals surface area contributed by atoms with E-state index in [1.165, 1.54) is 0 Å². The van der Waals surface area contributed by atoms with Gasteiger partial charge in [0.25, 0.3) is 0 Å². The lowest BCUT2D eigenvalue weighted by Gasteiger charge is -2.17. The summed E-state index contributed by atoms with van der Waals surface area (Å²) in [7, 11) is 0. The van der Waals surface area contributed by atoms with E-state index in [9.17, 15) is 0 Å². The van der Waals surface area contributed by atoms with Crippen molar-refractivity contribution < 1.29 is 4.84 Å². The highest BCUT2D eigenvalue weighted by Gasteiger charge is 2.13. The van der Waals surface area contributed by atoms with E-state index >= 15 is 0 Å². The number of hydrogen-bond acceptors (Lipinski definition) is 3. The minimum absolute atomic E-state index is 0.207. The number of hydrogen-bond donors (Lipinski definition) is 2. The molecule has 0 radical (unpaired) electrons. The third-order valence-electron chi connectivity index (χ3n) is 1.98. The normalized spacial score (nSPS) is 15.4. The van der Waals surface area contributed by atoms with Crippen LogP contribution in [0.1, 0.15) is 18.5 Å². The molecule has 0 heterocycles. The Kier molecular flexibility index (Phi) is 3.69. The molecule has 0 bridgehead atoms. The molecule has 0 amide bonds. The van der Waals surface area contributed by atoms with Gasteiger partial charge in [0.2, 0.25) is 0 Å². The summed E-state index contributed by atoms with van der Waals surface area (Å²) in [6.07, 6.45) is -0.207. The van der Waals surface area contributed by atoms with E-state index in [0.29, 0.717) is 5.02 Å². The quantitative estimate of drug-likeness (QED) is 0.729. The average molecular weight is 201 g/mol. The average Bonchev–Trinajstić information content (AvgIpc) is 2.17. The van der Waals surface area contributed by atoms with Crippen LogP contribution in [0.3, 0.4) is 0 Å². The molecule has 2 atom stereocenters. The predicted molar refractivity (Wildman–Crippen MR) is 53.1 cm³/mol. The first kappa shape index (κ1) is 10.5. The summed E-state index contributed by atoms with van der Waals surface area (Å²) >= 11 is 5.73. The summed E-state index contributed by atoms with van der Waals surface area (Å²) in [5.74, 6) is 5.03. The molecular formula is C9H13ClN2O. The first-order valence-corrected chi connectivity index (χ1v) is 4.39. The van der Waals surface area contributed by atoms with Gasteiger partial charge in [0.05, 0.1) is 12.1 Å². The molecule has 0 aliphatic rings. The van der Waals surface area contributed by atoms with Gasteiger partial charge in [-0.15, -0.1) is 0 Å². The van der Waals surface area contributed by atoms with Gasteiger partial charge in [-0.1, -0.05) is 23.7 Å². The zero-order valence-corrected chi connectivity index (χ0v) is 8.16. The molecule has 1 aromatic rings. The van der Waals surface area contributed by atoms with Crippen LogP contribution < -0.4 is 11.6 Å². The molecule has 2 unspecified atom stereocenters. The zero-order chi connectivity index (χ0) is 9.84. The second-order valence-electron chi connectivity index (χ2n) is 2.92. The van der Waals surface area contributed by atoms with E-state index in [2.05, 4.69) is 4.84 Å². The van der Waals surface area contributed by atoms with E-state index in [-0.39, 0.29) is 12.1 Å². The molecular weight excluding hydrogens is 188 g/mol. The maximum Gasteiger partial charge on any atom is 0.0951 e. The monoisotopic (exact) mass is 200 g/mol. The van der Waals surface area contributed by atoms with Crippen LogP contribution in [0.4, 0.5) is 0 Å². The number of halogens is 1. The molecule has 0 spiro atoms. The first-order valence-electron chi connectivity index (χ1n) is 4.01. The Labute approximate surface area is 82.6 Å². The van der Waals surface area contributed by atoms with E-state index in [1.54, 1.807) is 12.1 Å². The van der Waals surface area contributed by atoms with E-state index in [4.69, 9.17) is 23.2 Å². The highest BCUT2D eigenvalue weighted by molar-refractivity contribution is 6.30. The Bertz CT molecular complexity index is 263. The Balaban J connectivity index is 2.77. The number of benzene rings is 1. The molecule has 0 fully saturated rings. The molecule has 1 rings (SSSR count). The molecule has 72 valence electrons. The SMILES string of the molecule is CC(ON)C(N)c1ccc(Cl)cc1. The van der Waals surface area contributed by atoms with Crippen molar-refractivity contribution >= 4 is 11.6 Å².